The fourth-order valence-corrected chi connectivity index (χ4v) is 1.000. The smallest absolute Gasteiger partial charge is 0.309 e. The van der Waals surface area contributed by atoms with Crippen molar-refractivity contribution >= 4 is 27.7 Å². The monoisotopic (exact) mass is 310 g/mol. The highest BCUT2D eigenvalue weighted by molar-refractivity contribution is 9.10. The van der Waals surface area contributed by atoms with Crippen molar-refractivity contribution < 1.29 is 18.0 Å². The van der Waals surface area contributed by atoms with Gasteiger partial charge in [-0.3, -0.25) is 4.79 Å². The van der Waals surface area contributed by atoms with Gasteiger partial charge in [-0.15, -0.1) is 0 Å². The van der Waals surface area contributed by atoms with E-state index in [-0.39, 0.29) is 11.7 Å². The van der Waals surface area contributed by atoms with Crippen molar-refractivity contribution in [2.75, 3.05) is 5.32 Å². The summed E-state index contributed by atoms with van der Waals surface area (Å²) in [6, 6.07) is 1.98. The molecule has 0 fully saturated rings. The number of rotatable bonds is 2. The van der Waals surface area contributed by atoms with Crippen LogP contribution in [0.15, 0.2) is 18.3 Å². The molecule has 1 amide bonds. The number of hydrogen-bond acceptors (Lipinski definition) is 2. The lowest BCUT2D eigenvalue weighted by Gasteiger charge is -2.15. The zero-order chi connectivity index (χ0) is 13.3. The highest BCUT2D eigenvalue weighted by atomic mass is 79.9. The molecule has 1 aromatic rings. The van der Waals surface area contributed by atoms with E-state index in [4.69, 9.17) is 0 Å². The van der Waals surface area contributed by atoms with Gasteiger partial charge in [-0.1, -0.05) is 15.9 Å². The number of halogens is 4. The van der Waals surface area contributed by atoms with Crippen molar-refractivity contribution in [1.29, 1.82) is 0 Å². The molecular formula is C10H10BrF3N2O. The third-order valence-electron chi connectivity index (χ3n) is 1.87. The minimum Gasteiger partial charge on any atom is -0.309 e. The first kappa shape index (κ1) is 14.0. The van der Waals surface area contributed by atoms with Gasteiger partial charge in [-0.25, -0.2) is 4.98 Å². The zero-order valence-electron chi connectivity index (χ0n) is 9.10. The summed E-state index contributed by atoms with van der Waals surface area (Å²) < 4.78 is 35.9. The number of hydrogen-bond donors (Lipinski definition) is 1. The summed E-state index contributed by atoms with van der Waals surface area (Å²) in [4.78, 5) is 15.0. The van der Waals surface area contributed by atoms with Crippen LogP contribution in [-0.2, 0) is 11.0 Å². The molecule has 3 nitrogen and oxygen atoms in total. The lowest BCUT2D eigenvalue weighted by atomic mass is 10.2. The van der Waals surface area contributed by atoms with Gasteiger partial charge < -0.3 is 5.32 Å². The molecule has 0 saturated carbocycles. The first-order valence-electron chi connectivity index (χ1n) is 4.64. The van der Waals surface area contributed by atoms with Crippen LogP contribution in [0.5, 0.6) is 0 Å². The molecule has 1 rings (SSSR count). The average Bonchev–Trinajstić information content (AvgIpc) is 2.15. The van der Waals surface area contributed by atoms with E-state index >= 15 is 0 Å². The van der Waals surface area contributed by atoms with E-state index < -0.39 is 16.1 Å². The third-order valence-corrected chi connectivity index (χ3v) is 2.23. The summed E-state index contributed by atoms with van der Waals surface area (Å²) >= 11 is 3.13. The highest BCUT2D eigenvalue weighted by Crippen LogP contribution is 2.29. The number of pyridine rings is 1. The van der Waals surface area contributed by atoms with Gasteiger partial charge in [0.1, 0.15) is 5.82 Å². The van der Waals surface area contributed by atoms with Gasteiger partial charge in [0.25, 0.3) is 0 Å². The Kier molecular flexibility index (Phi) is 3.81. The molecule has 0 saturated heterocycles. The SMILES string of the molecule is CC(C)(Br)C(=O)Nc1ccc(C(F)(F)F)cn1. The standard InChI is InChI=1S/C10H10BrF3N2O/c1-9(2,11)8(17)16-7-4-3-6(5-15-7)10(12,13)14/h3-5H,1-2H3,(H,15,16,17). The normalized spacial score (nSPS) is 12.4. The molecule has 1 aromatic heterocycles. The lowest BCUT2D eigenvalue weighted by molar-refractivity contribution is -0.137. The lowest BCUT2D eigenvalue weighted by Crippen LogP contribution is -2.31. The Morgan fingerprint density at radius 2 is 1.94 bits per heavy atom. The van der Waals surface area contributed by atoms with Crippen molar-refractivity contribution in [3.8, 4) is 0 Å². The molecule has 0 aliphatic carbocycles. The van der Waals surface area contributed by atoms with Crippen LogP contribution in [-0.4, -0.2) is 15.2 Å². The van der Waals surface area contributed by atoms with Gasteiger partial charge in [0, 0.05) is 6.20 Å². The largest absolute Gasteiger partial charge is 0.417 e. The Balaban J connectivity index is 2.80. The molecule has 0 aliphatic rings. The Morgan fingerprint density at radius 1 is 1.35 bits per heavy atom. The van der Waals surface area contributed by atoms with Crippen molar-refractivity contribution in [2.45, 2.75) is 24.3 Å². The Morgan fingerprint density at radius 3 is 2.29 bits per heavy atom. The maximum Gasteiger partial charge on any atom is 0.417 e. The van der Waals surface area contributed by atoms with Crippen LogP contribution < -0.4 is 5.32 Å². The summed E-state index contributed by atoms with van der Waals surface area (Å²) in [5, 5.41) is 2.40. The molecule has 0 spiro atoms. The number of anilines is 1. The zero-order valence-corrected chi connectivity index (χ0v) is 10.7. The molecular weight excluding hydrogens is 301 g/mol. The van der Waals surface area contributed by atoms with E-state index in [1.165, 1.54) is 0 Å². The number of carbonyl (C=O) groups is 1. The molecule has 1 N–H and O–H groups in total. The molecule has 0 bridgehead atoms. The summed E-state index contributed by atoms with van der Waals surface area (Å²) in [6.07, 6.45) is -3.75. The minimum atomic E-state index is -4.43. The van der Waals surface area contributed by atoms with Gasteiger partial charge >= 0.3 is 6.18 Å². The molecule has 7 heteroatoms. The minimum absolute atomic E-state index is 0.0792. The van der Waals surface area contributed by atoms with Crippen LogP contribution in [0, 0.1) is 0 Å². The van der Waals surface area contributed by atoms with Gasteiger partial charge in [-0.2, -0.15) is 13.2 Å². The van der Waals surface area contributed by atoms with Crippen molar-refractivity contribution in [3.63, 3.8) is 0 Å². The average molecular weight is 311 g/mol. The second kappa shape index (κ2) is 4.64. The number of carbonyl (C=O) groups excluding carboxylic acids is 1. The van der Waals surface area contributed by atoms with Gasteiger partial charge in [0.05, 0.1) is 9.89 Å². The van der Waals surface area contributed by atoms with E-state index in [0.29, 0.717) is 6.20 Å². The van der Waals surface area contributed by atoms with Crippen LogP contribution in [0.25, 0.3) is 0 Å². The quantitative estimate of drug-likeness (QED) is 0.852. The van der Waals surface area contributed by atoms with E-state index in [9.17, 15) is 18.0 Å². The Bertz CT molecular complexity index is 409. The Hall–Kier alpha value is -1.11. The number of aromatic nitrogens is 1. The van der Waals surface area contributed by atoms with Crippen molar-refractivity contribution in [3.05, 3.63) is 23.9 Å². The molecule has 0 atom stereocenters. The predicted molar refractivity (Wildman–Crippen MR) is 60.9 cm³/mol. The number of alkyl halides is 4. The third kappa shape index (κ3) is 3.99. The molecule has 1 heterocycles. The topological polar surface area (TPSA) is 42.0 Å². The first-order valence-corrected chi connectivity index (χ1v) is 5.43. The highest BCUT2D eigenvalue weighted by Gasteiger charge is 2.31. The predicted octanol–water partition coefficient (Wildman–Crippen LogP) is 3.21. The van der Waals surface area contributed by atoms with E-state index in [1.807, 2.05) is 0 Å². The van der Waals surface area contributed by atoms with Crippen LogP contribution in [0.2, 0.25) is 0 Å². The summed E-state index contributed by atoms with van der Waals surface area (Å²) in [5.74, 6) is -0.305. The van der Waals surface area contributed by atoms with Crippen LogP contribution in [0.1, 0.15) is 19.4 Å². The molecule has 0 radical (unpaired) electrons. The van der Waals surface area contributed by atoms with Crippen LogP contribution in [0.3, 0.4) is 0 Å². The van der Waals surface area contributed by atoms with Crippen molar-refractivity contribution in [2.24, 2.45) is 0 Å². The summed E-state index contributed by atoms with van der Waals surface area (Å²) in [5.41, 5.74) is -0.853. The number of nitrogens with one attached hydrogen (secondary N) is 1. The van der Waals surface area contributed by atoms with Gasteiger partial charge in [-0.05, 0) is 26.0 Å². The van der Waals surface area contributed by atoms with E-state index in [1.54, 1.807) is 13.8 Å². The fourth-order valence-electron chi connectivity index (χ4n) is 0.900. The summed E-state index contributed by atoms with van der Waals surface area (Å²) in [6.45, 7) is 3.23. The van der Waals surface area contributed by atoms with E-state index in [2.05, 4.69) is 26.2 Å². The maximum absolute atomic E-state index is 12.2. The van der Waals surface area contributed by atoms with Gasteiger partial charge in [0.15, 0.2) is 0 Å². The molecule has 0 unspecified atom stereocenters. The molecule has 94 valence electrons. The fraction of sp³-hybridized carbons (Fsp3) is 0.400. The molecule has 0 aliphatic heterocycles. The number of nitrogens with zero attached hydrogens (tertiary/aromatic N) is 1. The summed E-state index contributed by atoms with van der Waals surface area (Å²) in [7, 11) is 0. The second-order valence-electron chi connectivity index (χ2n) is 3.86. The maximum atomic E-state index is 12.2. The molecule has 17 heavy (non-hydrogen) atoms. The van der Waals surface area contributed by atoms with Crippen LogP contribution >= 0.6 is 15.9 Å². The van der Waals surface area contributed by atoms with Gasteiger partial charge in [0.2, 0.25) is 5.91 Å². The second-order valence-corrected chi connectivity index (χ2v) is 5.84. The Labute approximate surface area is 105 Å². The van der Waals surface area contributed by atoms with E-state index in [0.717, 1.165) is 12.1 Å². The first-order chi connectivity index (χ1) is 7.60. The van der Waals surface area contributed by atoms with Crippen molar-refractivity contribution in [1.82, 2.24) is 4.98 Å². The van der Waals surface area contributed by atoms with Crippen LogP contribution in [0.4, 0.5) is 19.0 Å². The molecule has 0 aromatic carbocycles. The number of amides is 1.